The Balaban J connectivity index is 1.89. The second-order valence-corrected chi connectivity index (χ2v) is 5.60. The first-order valence-electron chi connectivity index (χ1n) is 7.32. The fourth-order valence-corrected chi connectivity index (χ4v) is 2.62. The molecule has 3 N–H and O–H groups in total. The maximum Gasteiger partial charge on any atom is 0.239 e. The highest BCUT2D eigenvalue weighted by Gasteiger charge is 2.20. The first-order valence-corrected chi connectivity index (χ1v) is 7.32. The Morgan fingerprint density at radius 1 is 1.42 bits per heavy atom. The van der Waals surface area contributed by atoms with E-state index in [0.717, 1.165) is 30.6 Å². The number of nitrogen functional groups attached to an aromatic ring is 1. The molecule has 106 valence electrons. The van der Waals surface area contributed by atoms with Crippen LogP contribution in [0.1, 0.15) is 39.5 Å². The van der Waals surface area contributed by atoms with E-state index >= 15 is 0 Å². The molecule has 4 nitrogen and oxygen atoms in total. The van der Waals surface area contributed by atoms with Crippen LogP contribution in [0.2, 0.25) is 0 Å². The third-order valence-corrected chi connectivity index (χ3v) is 3.71. The van der Waals surface area contributed by atoms with Crippen LogP contribution in [0.5, 0.6) is 5.88 Å². The second-order valence-electron chi connectivity index (χ2n) is 5.60. The topological polar surface area (TPSA) is 60.2 Å². The van der Waals surface area contributed by atoms with E-state index in [4.69, 9.17) is 10.5 Å². The summed E-state index contributed by atoms with van der Waals surface area (Å²) >= 11 is 0. The monoisotopic (exact) mass is 263 g/mol. The normalized spacial score (nSPS) is 22.4. The smallest absolute Gasteiger partial charge is 0.239 e. The SMILES string of the molecule is CCCOc1nc(NCC2CCC(C)C2)ccc1N. The molecular weight excluding hydrogens is 238 g/mol. The van der Waals surface area contributed by atoms with Crippen LogP contribution in [0.3, 0.4) is 0 Å². The number of anilines is 2. The second kappa shape index (κ2) is 6.64. The maximum atomic E-state index is 5.85. The molecule has 1 fully saturated rings. The molecule has 0 radical (unpaired) electrons. The van der Waals surface area contributed by atoms with Crippen molar-refractivity contribution in [3.8, 4) is 5.88 Å². The van der Waals surface area contributed by atoms with Gasteiger partial charge in [0.25, 0.3) is 0 Å². The predicted octanol–water partition coefficient (Wildman–Crippen LogP) is 3.30. The van der Waals surface area contributed by atoms with E-state index in [9.17, 15) is 0 Å². The summed E-state index contributed by atoms with van der Waals surface area (Å²) < 4.78 is 5.54. The van der Waals surface area contributed by atoms with Crippen LogP contribution >= 0.6 is 0 Å². The number of pyridine rings is 1. The highest BCUT2D eigenvalue weighted by Crippen LogP contribution is 2.30. The summed E-state index contributed by atoms with van der Waals surface area (Å²) in [5.74, 6) is 3.05. The van der Waals surface area contributed by atoms with Crippen LogP contribution in [0.25, 0.3) is 0 Å². The van der Waals surface area contributed by atoms with Crippen molar-refractivity contribution in [1.29, 1.82) is 0 Å². The zero-order valence-corrected chi connectivity index (χ0v) is 12.0. The largest absolute Gasteiger partial charge is 0.476 e. The molecule has 0 aliphatic heterocycles. The van der Waals surface area contributed by atoms with Gasteiger partial charge in [0.1, 0.15) is 5.82 Å². The summed E-state index contributed by atoms with van der Waals surface area (Å²) in [5, 5.41) is 3.40. The number of nitrogens with zero attached hydrogens (tertiary/aromatic N) is 1. The minimum atomic E-state index is 0.548. The molecule has 2 unspecified atom stereocenters. The van der Waals surface area contributed by atoms with Crippen LogP contribution in [0, 0.1) is 11.8 Å². The Morgan fingerprint density at radius 2 is 2.26 bits per heavy atom. The highest BCUT2D eigenvalue weighted by atomic mass is 16.5. The molecule has 1 aliphatic rings. The Hall–Kier alpha value is -1.45. The zero-order chi connectivity index (χ0) is 13.7. The lowest BCUT2D eigenvalue weighted by Crippen LogP contribution is -2.13. The first-order chi connectivity index (χ1) is 9.19. The van der Waals surface area contributed by atoms with Gasteiger partial charge >= 0.3 is 0 Å². The van der Waals surface area contributed by atoms with Crippen LogP contribution in [-0.4, -0.2) is 18.1 Å². The zero-order valence-electron chi connectivity index (χ0n) is 12.0. The van der Waals surface area contributed by atoms with Gasteiger partial charge in [0.15, 0.2) is 0 Å². The van der Waals surface area contributed by atoms with Gasteiger partial charge in [-0.1, -0.05) is 20.3 Å². The molecule has 0 saturated heterocycles. The van der Waals surface area contributed by atoms with Crippen molar-refractivity contribution in [2.75, 3.05) is 24.2 Å². The number of nitrogens with two attached hydrogens (primary N) is 1. The van der Waals surface area contributed by atoms with Gasteiger partial charge in [-0.15, -0.1) is 0 Å². The van der Waals surface area contributed by atoms with Gasteiger partial charge in [-0.25, -0.2) is 0 Å². The van der Waals surface area contributed by atoms with Gasteiger partial charge < -0.3 is 15.8 Å². The molecule has 0 bridgehead atoms. The van der Waals surface area contributed by atoms with Crippen molar-refractivity contribution >= 4 is 11.5 Å². The number of aromatic nitrogens is 1. The van der Waals surface area contributed by atoms with E-state index in [0.29, 0.717) is 18.2 Å². The van der Waals surface area contributed by atoms with Crippen LogP contribution in [-0.2, 0) is 0 Å². The minimum absolute atomic E-state index is 0.548. The molecule has 1 aromatic rings. The summed E-state index contributed by atoms with van der Waals surface area (Å²) in [7, 11) is 0. The van der Waals surface area contributed by atoms with Crippen molar-refractivity contribution in [3.63, 3.8) is 0 Å². The Bertz CT molecular complexity index is 408. The standard InChI is InChI=1S/C15H25N3O/c1-3-8-19-15-13(16)6-7-14(18-15)17-10-12-5-4-11(2)9-12/h6-7,11-12H,3-5,8-10,16H2,1-2H3,(H,17,18). The van der Waals surface area contributed by atoms with E-state index in [-0.39, 0.29) is 0 Å². The average Bonchev–Trinajstić information content (AvgIpc) is 2.82. The van der Waals surface area contributed by atoms with Gasteiger partial charge in [0.2, 0.25) is 5.88 Å². The number of hydrogen-bond acceptors (Lipinski definition) is 4. The summed E-state index contributed by atoms with van der Waals surface area (Å²) in [4.78, 5) is 4.43. The Kier molecular flexibility index (Phi) is 4.88. The molecule has 2 atom stereocenters. The maximum absolute atomic E-state index is 5.85. The van der Waals surface area contributed by atoms with Crippen molar-refractivity contribution < 1.29 is 4.74 Å². The first kappa shape index (κ1) is 14.0. The predicted molar refractivity (Wildman–Crippen MR) is 79.4 cm³/mol. The Morgan fingerprint density at radius 3 is 2.95 bits per heavy atom. The van der Waals surface area contributed by atoms with E-state index in [1.54, 1.807) is 0 Å². The lowest BCUT2D eigenvalue weighted by atomic mass is 10.1. The lowest BCUT2D eigenvalue weighted by molar-refractivity contribution is 0.307. The minimum Gasteiger partial charge on any atom is -0.476 e. The fourth-order valence-electron chi connectivity index (χ4n) is 2.62. The van der Waals surface area contributed by atoms with Crippen molar-refractivity contribution in [2.45, 2.75) is 39.5 Å². The number of hydrogen-bond donors (Lipinski definition) is 2. The summed E-state index contributed by atoms with van der Waals surface area (Å²) in [6.07, 6.45) is 4.95. The van der Waals surface area contributed by atoms with Crippen molar-refractivity contribution in [3.05, 3.63) is 12.1 Å². The molecule has 19 heavy (non-hydrogen) atoms. The summed E-state index contributed by atoms with van der Waals surface area (Å²) in [5.41, 5.74) is 6.46. The Labute approximate surface area is 115 Å². The molecule has 4 heteroatoms. The molecule has 0 amide bonds. The summed E-state index contributed by atoms with van der Waals surface area (Å²) in [6, 6.07) is 3.78. The molecule has 1 saturated carbocycles. The molecule has 0 aromatic carbocycles. The highest BCUT2D eigenvalue weighted by molar-refractivity contribution is 5.53. The molecule has 2 rings (SSSR count). The van der Waals surface area contributed by atoms with Crippen molar-refractivity contribution in [2.24, 2.45) is 11.8 Å². The van der Waals surface area contributed by atoms with Gasteiger partial charge in [0, 0.05) is 6.54 Å². The van der Waals surface area contributed by atoms with Crippen LogP contribution < -0.4 is 15.8 Å². The lowest BCUT2D eigenvalue weighted by Gasteiger charge is -2.13. The van der Waals surface area contributed by atoms with Gasteiger partial charge in [-0.3, -0.25) is 0 Å². The number of rotatable bonds is 6. The average molecular weight is 263 g/mol. The molecule has 1 aromatic heterocycles. The van der Waals surface area contributed by atoms with Gasteiger partial charge in [-0.05, 0) is 43.2 Å². The molecule has 0 spiro atoms. The van der Waals surface area contributed by atoms with Gasteiger partial charge in [-0.2, -0.15) is 4.98 Å². The molecule has 1 heterocycles. The summed E-state index contributed by atoms with van der Waals surface area (Å²) in [6.45, 7) is 6.05. The van der Waals surface area contributed by atoms with Crippen LogP contribution in [0.15, 0.2) is 12.1 Å². The van der Waals surface area contributed by atoms with Crippen molar-refractivity contribution in [1.82, 2.24) is 4.98 Å². The third-order valence-electron chi connectivity index (χ3n) is 3.71. The van der Waals surface area contributed by atoms with Gasteiger partial charge in [0.05, 0.1) is 12.3 Å². The molecular formula is C15H25N3O. The van der Waals surface area contributed by atoms with E-state index in [1.807, 2.05) is 12.1 Å². The third kappa shape index (κ3) is 4.01. The quantitative estimate of drug-likeness (QED) is 0.826. The van der Waals surface area contributed by atoms with Crippen LogP contribution in [0.4, 0.5) is 11.5 Å². The fraction of sp³-hybridized carbons (Fsp3) is 0.667. The molecule has 1 aliphatic carbocycles. The van der Waals surface area contributed by atoms with E-state index in [1.165, 1.54) is 19.3 Å². The number of nitrogens with one attached hydrogen (secondary N) is 1. The number of ether oxygens (including phenoxy) is 1. The van der Waals surface area contributed by atoms with E-state index in [2.05, 4.69) is 24.1 Å². The van der Waals surface area contributed by atoms with E-state index < -0.39 is 0 Å².